The van der Waals surface area contributed by atoms with Gasteiger partial charge in [0.25, 0.3) is 0 Å². The molecule has 6 nitrogen and oxygen atoms in total. The first-order chi connectivity index (χ1) is 8.24. The molecule has 0 unspecified atom stereocenters. The van der Waals surface area contributed by atoms with Crippen molar-refractivity contribution in [1.29, 1.82) is 0 Å². The Bertz CT molecular complexity index is 685. The van der Waals surface area contributed by atoms with Gasteiger partial charge in [-0.25, -0.2) is 9.78 Å². The van der Waals surface area contributed by atoms with E-state index in [1.807, 2.05) is 0 Å². The lowest BCUT2D eigenvalue weighted by molar-refractivity contribution is 0.0697. The van der Waals surface area contributed by atoms with Gasteiger partial charge in [0.15, 0.2) is 11.3 Å². The van der Waals surface area contributed by atoms with Crippen molar-refractivity contribution >= 4 is 17.1 Å². The van der Waals surface area contributed by atoms with Gasteiger partial charge in [-0.3, -0.25) is 0 Å². The number of benzene rings is 1. The lowest BCUT2D eigenvalue weighted by Gasteiger charge is -1.91. The SMILES string of the molecule is O=C(O)c1ccc2oc(-c3ccon3)nc2c1. The number of nitrogens with zero attached hydrogens (tertiary/aromatic N) is 2. The van der Waals surface area contributed by atoms with Crippen LogP contribution in [0.5, 0.6) is 0 Å². The minimum absolute atomic E-state index is 0.164. The molecular formula is C11H6N2O4. The Morgan fingerprint density at radius 1 is 1.29 bits per heavy atom. The van der Waals surface area contributed by atoms with E-state index in [0.29, 0.717) is 22.7 Å². The monoisotopic (exact) mass is 230 g/mol. The van der Waals surface area contributed by atoms with Crippen LogP contribution >= 0.6 is 0 Å². The fourth-order valence-electron chi connectivity index (χ4n) is 1.49. The van der Waals surface area contributed by atoms with Crippen molar-refractivity contribution in [2.75, 3.05) is 0 Å². The van der Waals surface area contributed by atoms with Crippen molar-refractivity contribution in [3.05, 3.63) is 36.1 Å². The Morgan fingerprint density at radius 3 is 2.88 bits per heavy atom. The van der Waals surface area contributed by atoms with Gasteiger partial charge in [0.2, 0.25) is 5.89 Å². The van der Waals surface area contributed by atoms with E-state index in [1.54, 1.807) is 12.1 Å². The third-order valence-corrected chi connectivity index (χ3v) is 2.29. The first kappa shape index (κ1) is 9.59. The molecule has 2 aromatic heterocycles. The number of hydrogen-bond donors (Lipinski definition) is 1. The largest absolute Gasteiger partial charge is 0.478 e. The second-order valence-corrected chi connectivity index (χ2v) is 3.39. The molecule has 1 aromatic carbocycles. The number of carboxylic acids is 1. The number of oxazole rings is 1. The van der Waals surface area contributed by atoms with Crippen molar-refractivity contribution in [3.63, 3.8) is 0 Å². The van der Waals surface area contributed by atoms with Gasteiger partial charge >= 0.3 is 5.97 Å². The van der Waals surface area contributed by atoms with Crippen LogP contribution in [-0.4, -0.2) is 21.2 Å². The highest BCUT2D eigenvalue weighted by molar-refractivity contribution is 5.92. The van der Waals surface area contributed by atoms with Crippen molar-refractivity contribution in [3.8, 4) is 11.6 Å². The molecule has 17 heavy (non-hydrogen) atoms. The molecule has 0 spiro atoms. The summed E-state index contributed by atoms with van der Waals surface area (Å²) in [6.45, 7) is 0. The van der Waals surface area contributed by atoms with Crippen LogP contribution in [-0.2, 0) is 0 Å². The first-order valence-electron chi connectivity index (χ1n) is 4.79. The number of rotatable bonds is 2. The van der Waals surface area contributed by atoms with Crippen LogP contribution in [0, 0.1) is 0 Å². The molecule has 3 aromatic rings. The Hall–Kier alpha value is -2.63. The molecule has 1 N–H and O–H groups in total. The zero-order valence-corrected chi connectivity index (χ0v) is 8.45. The summed E-state index contributed by atoms with van der Waals surface area (Å²) >= 11 is 0. The van der Waals surface area contributed by atoms with Gasteiger partial charge in [0.05, 0.1) is 5.56 Å². The third-order valence-electron chi connectivity index (χ3n) is 2.29. The molecular weight excluding hydrogens is 224 g/mol. The van der Waals surface area contributed by atoms with E-state index in [4.69, 9.17) is 9.52 Å². The van der Waals surface area contributed by atoms with Gasteiger partial charge < -0.3 is 14.0 Å². The molecule has 0 fully saturated rings. The van der Waals surface area contributed by atoms with Crippen LogP contribution in [0.4, 0.5) is 0 Å². The van der Waals surface area contributed by atoms with Crippen molar-refractivity contribution in [2.45, 2.75) is 0 Å². The summed E-state index contributed by atoms with van der Waals surface area (Å²) in [6, 6.07) is 6.09. The summed E-state index contributed by atoms with van der Waals surface area (Å²) in [5.74, 6) is -0.700. The highest BCUT2D eigenvalue weighted by Crippen LogP contribution is 2.23. The predicted octanol–water partition coefficient (Wildman–Crippen LogP) is 2.18. The molecule has 0 amide bonds. The summed E-state index contributed by atoms with van der Waals surface area (Å²) in [4.78, 5) is 14.9. The molecule has 0 saturated heterocycles. The van der Waals surface area contributed by atoms with E-state index in [9.17, 15) is 4.79 Å². The van der Waals surface area contributed by atoms with Crippen molar-refractivity contribution < 1.29 is 18.8 Å². The van der Waals surface area contributed by atoms with E-state index in [1.165, 1.54) is 18.4 Å². The van der Waals surface area contributed by atoms with Crippen LogP contribution in [0.15, 0.2) is 39.5 Å². The summed E-state index contributed by atoms with van der Waals surface area (Å²) in [7, 11) is 0. The van der Waals surface area contributed by atoms with Gasteiger partial charge in [-0.15, -0.1) is 0 Å². The molecule has 0 aliphatic carbocycles. The zero-order chi connectivity index (χ0) is 11.8. The lowest BCUT2D eigenvalue weighted by atomic mass is 10.2. The highest BCUT2D eigenvalue weighted by atomic mass is 16.5. The van der Waals surface area contributed by atoms with Gasteiger partial charge in [-0.2, -0.15) is 0 Å². The maximum atomic E-state index is 10.8. The van der Waals surface area contributed by atoms with E-state index < -0.39 is 5.97 Å². The molecule has 0 saturated carbocycles. The first-order valence-corrected chi connectivity index (χ1v) is 4.79. The number of aromatic nitrogens is 2. The highest BCUT2D eigenvalue weighted by Gasteiger charge is 2.12. The molecule has 0 aliphatic rings. The average Bonchev–Trinajstić information content (AvgIpc) is 2.96. The van der Waals surface area contributed by atoms with Crippen LogP contribution in [0.3, 0.4) is 0 Å². The summed E-state index contributed by atoms with van der Waals surface area (Å²) in [5, 5.41) is 12.5. The fraction of sp³-hybridized carbons (Fsp3) is 0. The van der Waals surface area contributed by atoms with Crippen molar-refractivity contribution in [1.82, 2.24) is 10.1 Å². The van der Waals surface area contributed by atoms with E-state index in [-0.39, 0.29) is 5.56 Å². The van der Waals surface area contributed by atoms with Gasteiger partial charge in [0, 0.05) is 6.07 Å². The van der Waals surface area contributed by atoms with Crippen LogP contribution < -0.4 is 0 Å². The molecule has 0 radical (unpaired) electrons. The molecule has 0 aliphatic heterocycles. The van der Waals surface area contributed by atoms with Gasteiger partial charge in [0.1, 0.15) is 11.8 Å². The van der Waals surface area contributed by atoms with Gasteiger partial charge in [-0.05, 0) is 18.2 Å². The number of hydrogen-bond acceptors (Lipinski definition) is 5. The molecule has 0 atom stereocenters. The topological polar surface area (TPSA) is 89.4 Å². The molecule has 0 bridgehead atoms. The second-order valence-electron chi connectivity index (χ2n) is 3.39. The Morgan fingerprint density at radius 2 is 2.18 bits per heavy atom. The van der Waals surface area contributed by atoms with Crippen LogP contribution in [0.2, 0.25) is 0 Å². The predicted molar refractivity (Wildman–Crippen MR) is 56.5 cm³/mol. The Kier molecular flexibility index (Phi) is 1.94. The maximum Gasteiger partial charge on any atom is 0.335 e. The van der Waals surface area contributed by atoms with Crippen LogP contribution in [0.1, 0.15) is 10.4 Å². The van der Waals surface area contributed by atoms with E-state index in [2.05, 4.69) is 14.7 Å². The summed E-state index contributed by atoms with van der Waals surface area (Å²) in [6.07, 6.45) is 1.41. The Labute approximate surface area is 94.5 Å². The average molecular weight is 230 g/mol. The Balaban J connectivity index is 2.16. The number of carbonyl (C=O) groups is 1. The zero-order valence-electron chi connectivity index (χ0n) is 8.45. The van der Waals surface area contributed by atoms with Crippen LogP contribution in [0.25, 0.3) is 22.7 Å². The smallest absolute Gasteiger partial charge is 0.335 e. The third kappa shape index (κ3) is 1.55. The number of carboxylic acid groups (broad SMARTS) is 1. The fourth-order valence-corrected chi connectivity index (χ4v) is 1.49. The van der Waals surface area contributed by atoms with E-state index >= 15 is 0 Å². The minimum atomic E-state index is -1.00. The van der Waals surface area contributed by atoms with E-state index in [0.717, 1.165) is 0 Å². The van der Waals surface area contributed by atoms with Crippen molar-refractivity contribution in [2.24, 2.45) is 0 Å². The normalized spacial score (nSPS) is 10.8. The molecule has 6 heteroatoms. The number of aromatic carboxylic acids is 1. The lowest BCUT2D eigenvalue weighted by Crippen LogP contribution is -1.94. The summed E-state index contributed by atoms with van der Waals surface area (Å²) in [5.41, 5.74) is 1.62. The standard InChI is InChI=1S/C11H6N2O4/c14-11(15)6-1-2-9-8(5-6)12-10(17-9)7-3-4-16-13-7/h1-5H,(H,14,15). The summed E-state index contributed by atoms with van der Waals surface area (Å²) < 4.78 is 10.1. The molecule has 3 rings (SSSR count). The second kappa shape index (κ2) is 3.44. The quantitative estimate of drug-likeness (QED) is 0.725. The minimum Gasteiger partial charge on any atom is -0.478 e. The maximum absolute atomic E-state index is 10.8. The molecule has 2 heterocycles. The van der Waals surface area contributed by atoms with Gasteiger partial charge in [-0.1, -0.05) is 5.16 Å². The molecule has 84 valence electrons. The number of fused-ring (bicyclic) bond motifs is 1.